The van der Waals surface area contributed by atoms with Gasteiger partial charge in [-0.15, -0.1) is 0 Å². The third kappa shape index (κ3) is 1.98. The Bertz CT molecular complexity index is 813. The first-order chi connectivity index (χ1) is 11.6. The van der Waals surface area contributed by atoms with Gasteiger partial charge in [-0.25, -0.2) is 0 Å². The standard InChI is InChI=1S/C21H20Cl2O/c22-15-5-6-18(17(11-15)16-3-1-2-4-20(16)23)21(24)14-8-12-7-13(10-14)19(21)9-12/h1-6,11-14,19,24H,7-10H2. The monoisotopic (exact) mass is 358 g/mol. The number of rotatable bonds is 2. The van der Waals surface area contributed by atoms with E-state index < -0.39 is 5.60 Å². The van der Waals surface area contributed by atoms with E-state index in [4.69, 9.17) is 23.2 Å². The summed E-state index contributed by atoms with van der Waals surface area (Å²) in [6.07, 6.45) is 4.80. The minimum Gasteiger partial charge on any atom is -0.385 e. The lowest BCUT2D eigenvalue weighted by Crippen LogP contribution is -2.41. The highest BCUT2D eigenvalue weighted by atomic mass is 35.5. The van der Waals surface area contributed by atoms with Gasteiger partial charge in [-0.05, 0) is 78.7 Å². The van der Waals surface area contributed by atoms with Gasteiger partial charge < -0.3 is 5.11 Å². The summed E-state index contributed by atoms with van der Waals surface area (Å²) in [5, 5.41) is 13.3. The summed E-state index contributed by atoms with van der Waals surface area (Å²) in [5.74, 6) is 2.29. The zero-order chi connectivity index (χ0) is 16.5. The summed E-state index contributed by atoms with van der Waals surface area (Å²) in [6.45, 7) is 0. The van der Waals surface area contributed by atoms with Crippen LogP contribution in [0.3, 0.4) is 0 Å². The summed E-state index contributed by atoms with van der Waals surface area (Å²) >= 11 is 12.8. The first kappa shape index (κ1) is 15.3. The first-order valence-electron chi connectivity index (χ1n) is 8.84. The van der Waals surface area contributed by atoms with E-state index in [1.54, 1.807) is 0 Å². The molecule has 4 fully saturated rings. The van der Waals surface area contributed by atoms with Crippen molar-refractivity contribution >= 4 is 23.2 Å². The predicted molar refractivity (Wildman–Crippen MR) is 98.2 cm³/mol. The van der Waals surface area contributed by atoms with Gasteiger partial charge in [-0.2, -0.15) is 0 Å². The molecule has 6 rings (SSSR count). The molecule has 3 heteroatoms. The van der Waals surface area contributed by atoms with E-state index in [1.165, 1.54) is 19.3 Å². The van der Waals surface area contributed by atoms with Gasteiger partial charge in [0.05, 0.1) is 5.60 Å². The van der Waals surface area contributed by atoms with Crippen LogP contribution in [0.5, 0.6) is 0 Å². The fraction of sp³-hybridized carbons (Fsp3) is 0.429. The number of hydrogen-bond donors (Lipinski definition) is 1. The molecule has 5 atom stereocenters. The van der Waals surface area contributed by atoms with Gasteiger partial charge in [0.15, 0.2) is 0 Å². The van der Waals surface area contributed by atoms with Gasteiger partial charge in [-0.1, -0.05) is 47.5 Å². The lowest BCUT2D eigenvalue weighted by molar-refractivity contribution is -0.0692. The predicted octanol–water partition coefficient (Wildman–Crippen LogP) is 5.91. The van der Waals surface area contributed by atoms with Gasteiger partial charge in [-0.3, -0.25) is 0 Å². The molecular weight excluding hydrogens is 339 g/mol. The molecule has 0 heterocycles. The van der Waals surface area contributed by atoms with Crippen molar-refractivity contribution < 1.29 is 5.11 Å². The van der Waals surface area contributed by atoms with Crippen LogP contribution in [0.1, 0.15) is 31.2 Å². The summed E-state index contributed by atoms with van der Waals surface area (Å²) in [5.41, 5.74) is 2.25. The van der Waals surface area contributed by atoms with Crippen molar-refractivity contribution in [1.29, 1.82) is 0 Å². The molecular formula is C21H20Cl2O. The molecule has 24 heavy (non-hydrogen) atoms. The van der Waals surface area contributed by atoms with Crippen LogP contribution in [-0.4, -0.2) is 5.11 Å². The van der Waals surface area contributed by atoms with Crippen molar-refractivity contribution in [2.45, 2.75) is 31.3 Å². The smallest absolute Gasteiger partial charge is 0.0961 e. The minimum atomic E-state index is -0.725. The maximum absolute atomic E-state index is 11.9. The number of aliphatic hydroxyl groups is 1. The summed E-state index contributed by atoms with van der Waals surface area (Å²) in [4.78, 5) is 0. The second-order valence-corrected chi connectivity index (χ2v) is 8.71. The van der Waals surface area contributed by atoms with Gasteiger partial charge in [0.1, 0.15) is 0 Å². The fourth-order valence-electron chi connectivity index (χ4n) is 5.95. The summed E-state index contributed by atoms with van der Waals surface area (Å²) in [7, 11) is 0. The zero-order valence-corrected chi connectivity index (χ0v) is 14.9. The van der Waals surface area contributed by atoms with Crippen molar-refractivity contribution in [2.24, 2.45) is 23.7 Å². The Kier molecular flexibility index (Phi) is 3.33. The highest BCUT2D eigenvalue weighted by molar-refractivity contribution is 6.34. The van der Waals surface area contributed by atoms with E-state index >= 15 is 0 Å². The maximum atomic E-state index is 11.9. The molecule has 5 unspecified atom stereocenters. The number of halogens is 2. The van der Waals surface area contributed by atoms with Crippen LogP contribution in [0.2, 0.25) is 10.0 Å². The Labute approximate surface area is 152 Å². The van der Waals surface area contributed by atoms with E-state index in [0.717, 1.165) is 29.0 Å². The first-order valence-corrected chi connectivity index (χ1v) is 9.60. The molecule has 0 saturated heterocycles. The zero-order valence-electron chi connectivity index (χ0n) is 13.4. The highest BCUT2D eigenvalue weighted by Crippen LogP contribution is 2.67. The molecule has 0 radical (unpaired) electrons. The molecule has 1 nitrogen and oxygen atoms in total. The molecule has 2 aromatic rings. The Morgan fingerprint density at radius 1 is 0.917 bits per heavy atom. The fourth-order valence-corrected chi connectivity index (χ4v) is 6.36. The summed E-state index contributed by atoms with van der Waals surface area (Å²) < 4.78 is 0. The Morgan fingerprint density at radius 2 is 1.75 bits per heavy atom. The van der Waals surface area contributed by atoms with Crippen LogP contribution in [0, 0.1) is 23.7 Å². The highest BCUT2D eigenvalue weighted by Gasteiger charge is 2.62. The molecule has 0 aromatic heterocycles. The van der Waals surface area contributed by atoms with Crippen molar-refractivity contribution in [3.05, 3.63) is 58.1 Å². The van der Waals surface area contributed by atoms with Crippen LogP contribution < -0.4 is 0 Å². The molecule has 124 valence electrons. The molecule has 0 spiro atoms. The van der Waals surface area contributed by atoms with Crippen LogP contribution >= 0.6 is 23.2 Å². The molecule has 0 aliphatic heterocycles. The van der Waals surface area contributed by atoms with E-state index in [2.05, 4.69) is 0 Å². The largest absolute Gasteiger partial charge is 0.385 e. The molecule has 4 saturated carbocycles. The van der Waals surface area contributed by atoms with Crippen molar-refractivity contribution in [1.82, 2.24) is 0 Å². The number of benzene rings is 2. The van der Waals surface area contributed by atoms with E-state index in [-0.39, 0.29) is 0 Å². The van der Waals surface area contributed by atoms with Crippen LogP contribution in [-0.2, 0) is 5.60 Å². The normalized spacial score (nSPS) is 36.5. The third-order valence-electron chi connectivity index (χ3n) is 6.76. The second kappa shape index (κ2) is 5.24. The molecule has 4 bridgehead atoms. The lowest BCUT2D eigenvalue weighted by Gasteiger charge is -2.42. The van der Waals surface area contributed by atoms with Crippen LogP contribution in [0.4, 0.5) is 0 Å². The van der Waals surface area contributed by atoms with E-state index in [0.29, 0.717) is 27.8 Å². The van der Waals surface area contributed by atoms with Gasteiger partial charge in [0.2, 0.25) is 0 Å². The van der Waals surface area contributed by atoms with Crippen LogP contribution in [0.15, 0.2) is 42.5 Å². The Balaban J connectivity index is 1.71. The molecule has 4 aliphatic rings. The molecule has 2 aromatic carbocycles. The van der Waals surface area contributed by atoms with E-state index in [1.807, 2.05) is 42.5 Å². The quantitative estimate of drug-likeness (QED) is 0.706. The van der Waals surface area contributed by atoms with Crippen molar-refractivity contribution in [3.63, 3.8) is 0 Å². The average molecular weight is 359 g/mol. The van der Waals surface area contributed by atoms with E-state index in [9.17, 15) is 5.11 Å². The van der Waals surface area contributed by atoms with Crippen molar-refractivity contribution in [2.75, 3.05) is 0 Å². The molecule has 4 aliphatic carbocycles. The Morgan fingerprint density at radius 3 is 2.54 bits per heavy atom. The SMILES string of the molecule is OC1(c2ccc(Cl)cc2-c2ccccc2Cl)C2CC3CC(C2)C1C3. The minimum absolute atomic E-state index is 0.377. The average Bonchev–Trinajstić information content (AvgIpc) is 2.97. The maximum Gasteiger partial charge on any atom is 0.0961 e. The molecule has 1 N–H and O–H groups in total. The third-order valence-corrected chi connectivity index (χ3v) is 7.33. The lowest BCUT2D eigenvalue weighted by atomic mass is 9.67. The van der Waals surface area contributed by atoms with Crippen molar-refractivity contribution in [3.8, 4) is 11.1 Å². The van der Waals surface area contributed by atoms with Gasteiger partial charge in [0, 0.05) is 15.6 Å². The Hall–Kier alpha value is -1.02. The van der Waals surface area contributed by atoms with Gasteiger partial charge >= 0.3 is 0 Å². The number of hydrogen-bond acceptors (Lipinski definition) is 1. The second-order valence-electron chi connectivity index (χ2n) is 7.87. The molecule has 0 amide bonds. The van der Waals surface area contributed by atoms with Gasteiger partial charge in [0.25, 0.3) is 0 Å². The topological polar surface area (TPSA) is 20.2 Å². The summed E-state index contributed by atoms with van der Waals surface area (Å²) in [6, 6.07) is 13.8. The van der Waals surface area contributed by atoms with Crippen LogP contribution in [0.25, 0.3) is 11.1 Å².